The molecule has 7 nitrogen and oxygen atoms in total. The summed E-state index contributed by atoms with van der Waals surface area (Å²) in [6.07, 6.45) is -2.02. The number of amides is 1. The van der Waals surface area contributed by atoms with E-state index in [9.17, 15) is 26.7 Å². The minimum atomic E-state index is -4.37. The highest BCUT2D eigenvalue weighted by atomic mass is 19.4. The van der Waals surface area contributed by atoms with E-state index in [0.29, 0.717) is 16.8 Å². The maximum Gasteiger partial charge on any atom is 0.390 e. The summed E-state index contributed by atoms with van der Waals surface area (Å²) in [4.78, 5) is 16.9. The van der Waals surface area contributed by atoms with Gasteiger partial charge in [0.1, 0.15) is 0 Å². The fourth-order valence-corrected chi connectivity index (χ4v) is 4.00. The van der Waals surface area contributed by atoms with Crippen LogP contribution in [0.5, 0.6) is 0 Å². The van der Waals surface area contributed by atoms with Gasteiger partial charge in [0.2, 0.25) is 0 Å². The Balaban J connectivity index is 1.53. The lowest BCUT2D eigenvalue weighted by atomic mass is 10.0. The highest BCUT2D eigenvalue weighted by Gasteiger charge is 2.27. The molecule has 0 saturated heterocycles. The molecule has 0 aliphatic heterocycles. The van der Waals surface area contributed by atoms with Crippen molar-refractivity contribution in [3.8, 4) is 11.3 Å². The molecule has 5 rings (SSSR count). The molecule has 2 heterocycles. The Labute approximate surface area is 214 Å². The van der Waals surface area contributed by atoms with Crippen molar-refractivity contribution in [2.75, 3.05) is 17.2 Å². The van der Waals surface area contributed by atoms with Crippen LogP contribution in [-0.4, -0.2) is 39.3 Å². The maximum absolute atomic E-state index is 14.3. The van der Waals surface area contributed by atoms with Gasteiger partial charge in [0, 0.05) is 29.8 Å². The molecule has 38 heavy (non-hydrogen) atoms. The molecule has 1 saturated carbocycles. The molecular weight excluding hydrogens is 507 g/mol. The SMILES string of the molecule is Cc1cc(-c2cnc3c(NCCC(F)(F)F)cc(Nc4cccc(F)c4F)nn23)ccc1C(=O)NC1CC1. The van der Waals surface area contributed by atoms with Crippen LogP contribution in [0.1, 0.15) is 35.2 Å². The molecule has 0 unspecified atom stereocenters. The predicted molar refractivity (Wildman–Crippen MR) is 132 cm³/mol. The van der Waals surface area contributed by atoms with Crippen LogP contribution in [0.15, 0.2) is 48.7 Å². The minimum absolute atomic E-state index is 0.0490. The van der Waals surface area contributed by atoms with E-state index in [1.807, 2.05) is 0 Å². The van der Waals surface area contributed by atoms with Crippen molar-refractivity contribution in [3.63, 3.8) is 0 Å². The summed E-state index contributed by atoms with van der Waals surface area (Å²) >= 11 is 0. The number of aryl methyl sites for hydroxylation is 1. The van der Waals surface area contributed by atoms with Crippen LogP contribution in [0.2, 0.25) is 0 Å². The van der Waals surface area contributed by atoms with Crippen molar-refractivity contribution in [1.29, 1.82) is 0 Å². The first-order valence-electron chi connectivity index (χ1n) is 11.9. The number of nitrogens with zero attached hydrogens (tertiary/aromatic N) is 3. The topological polar surface area (TPSA) is 83.3 Å². The number of carbonyl (C=O) groups excluding carboxylic acids is 1. The molecule has 1 aliphatic rings. The molecule has 1 aliphatic carbocycles. The number of rotatable bonds is 8. The smallest absolute Gasteiger partial charge is 0.382 e. The molecule has 1 amide bonds. The van der Waals surface area contributed by atoms with Gasteiger partial charge < -0.3 is 16.0 Å². The molecular formula is C26H23F5N6O. The molecule has 2 aromatic heterocycles. The van der Waals surface area contributed by atoms with Gasteiger partial charge in [-0.3, -0.25) is 4.79 Å². The summed E-state index contributed by atoms with van der Waals surface area (Å²) in [7, 11) is 0. The minimum Gasteiger partial charge on any atom is -0.382 e. The highest BCUT2D eigenvalue weighted by molar-refractivity contribution is 5.96. The summed E-state index contributed by atoms with van der Waals surface area (Å²) in [5.74, 6) is -2.30. The number of alkyl halides is 3. The molecule has 0 bridgehead atoms. The second kappa shape index (κ2) is 9.92. The van der Waals surface area contributed by atoms with Crippen molar-refractivity contribution in [2.45, 2.75) is 38.4 Å². The van der Waals surface area contributed by atoms with Crippen molar-refractivity contribution >= 4 is 28.7 Å². The number of imidazole rings is 1. The zero-order chi connectivity index (χ0) is 27.0. The van der Waals surface area contributed by atoms with Gasteiger partial charge in [-0.25, -0.2) is 18.3 Å². The van der Waals surface area contributed by atoms with E-state index in [0.717, 1.165) is 24.5 Å². The maximum atomic E-state index is 14.3. The van der Waals surface area contributed by atoms with Gasteiger partial charge in [0.25, 0.3) is 5.91 Å². The van der Waals surface area contributed by atoms with E-state index in [2.05, 4.69) is 26.0 Å². The number of fused-ring (bicyclic) bond motifs is 1. The second-order valence-corrected chi connectivity index (χ2v) is 9.12. The van der Waals surface area contributed by atoms with E-state index >= 15 is 0 Å². The third-order valence-electron chi connectivity index (χ3n) is 6.09. The number of hydrogen-bond acceptors (Lipinski definition) is 5. The van der Waals surface area contributed by atoms with Gasteiger partial charge in [0.15, 0.2) is 23.1 Å². The highest BCUT2D eigenvalue weighted by Crippen LogP contribution is 2.30. The monoisotopic (exact) mass is 530 g/mol. The zero-order valence-corrected chi connectivity index (χ0v) is 20.2. The van der Waals surface area contributed by atoms with E-state index < -0.39 is 30.8 Å². The lowest BCUT2D eigenvalue weighted by molar-refractivity contribution is -0.131. The van der Waals surface area contributed by atoms with Crippen molar-refractivity contribution < 1.29 is 26.7 Å². The van der Waals surface area contributed by atoms with Crippen molar-refractivity contribution in [2.24, 2.45) is 0 Å². The fraction of sp³-hybridized carbons (Fsp3) is 0.269. The number of anilines is 3. The Bertz CT molecular complexity index is 1510. The first kappa shape index (κ1) is 25.4. The van der Waals surface area contributed by atoms with E-state index in [4.69, 9.17) is 0 Å². The van der Waals surface area contributed by atoms with Crippen LogP contribution >= 0.6 is 0 Å². The molecule has 0 spiro atoms. The third kappa shape index (κ3) is 5.53. The molecule has 0 radical (unpaired) electrons. The standard InChI is InChI=1S/C26H23F5N6O/c1-14-11-15(5-8-17(14)25(38)34-16-6-7-16)21-13-33-24-20(32-10-9-26(29,30)31)12-22(36-37(21)24)35-19-4-2-3-18(27)23(19)28/h2-5,8,11-13,16,32H,6-7,9-10H2,1H3,(H,34,38)(H,35,36). The van der Waals surface area contributed by atoms with Crippen LogP contribution in [0.4, 0.5) is 39.1 Å². The van der Waals surface area contributed by atoms with E-state index in [-0.39, 0.29) is 34.8 Å². The van der Waals surface area contributed by atoms with E-state index in [1.54, 1.807) is 25.1 Å². The zero-order valence-electron chi connectivity index (χ0n) is 20.2. The molecule has 2 aromatic carbocycles. The van der Waals surface area contributed by atoms with Gasteiger partial charge in [-0.2, -0.15) is 13.2 Å². The van der Waals surface area contributed by atoms with Crippen molar-refractivity contribution in [1.82, 2.24) is 19.9 Å². The summed E-state index contributed by atoms with van der Waals surface area (Å²) < 4.78 is 67.7. The summed E-state index contributed by atoms with van der Waals surface area (Å²) in [5.41, 5.74) is 2.64. The summed E-state index contributed by atoms with van der Waals surface area (Å²) in [6.45, 7) is 1.37. The second-order valence-electron chi connectivity index (χ2n) is 9.12. The third-order valence-corrected chi connectivity index (χ3v) is 6.09. The number of carbonyl (C=O) groups is 1. The average Bonchev–Trinajstić information content (AvgIpc) is 3.56. The van der Waals surface area contributed by atoms with Gasteiger partial charge in [-0.15, -0.1) is 5.10 Å². The number of halogens is 5. The average molecular weight is 531 g/mol. The lowest BCUT2D eigenvalue weighted by Crippen LogP contribution is -2.26. The normalized spacial score (nSPS) is 13.5. The van der Waals surface area contributed by atoms with E-state index in [1.165, 1.54) is 28.9 Å². The van der Waals surface area contributed by atoms with Gasteiger partial charge >= 0.3 is 6.18 Å². The Hall–Kier alpha value is -4.22. The Morgan fingerprint density at radius 3 is 2.61 bits per heavy atom. The van der Waals surface area contributed by atoms with Gasteiger partial charge in [-0.1, -0.05) is 12.1 Å². The Morgan fingerprint density at radius 1 is 1.11 bits per heavy atom. The lowest BCUT2D eigenvalue weighted by Gasteiger charge is -2.14. The quantitative estimate of drug-likeness (QED) is 0.244. The Kier molecular flexibility index (Phi) is 6.64. The number of benzene rings is 2. The first-order chi connectivity index (χ1) is 18.1. The molecule has 198 valence electrons. The van der Waals surface area contributed by atoms with Crippen LogP contribution in [0, 0.1) is 18.6 Å². The number of aromatic nitrogens is 3. The first-order valence-corrected chi connectivity index (χ1v) is 11.9. The fourth-order valence-electron chi connectivity index (χ4n) is 4.00. The molecule has 4 aromatic rings. The predicted octanol–water partition coefficient (Wildman–Crippen LogP) is 5.98. The number of hydrogen-bond donors (Lipinski definition) is 3. The van der Waals surface area contributed by atoms with Gasteiger partial charge in [0.05, 0.1) is 29.7 Å². The largest absolute Gasteiger partial charge is 0.390 e. The molecule has 12 heteroatoms. The van der Waals surface area contributed by atoms with Crippen LogP contribution < -0.4 is 16.0 Å². The number of nitrogens with one attached hydrogen (secondary N) is 3. The molecule has 0 atom stereocenters. The summed E-state index contributed by atoms with van der Waals surface area (Å²) in [6, 6.07) is 10.4. The van der Waals surface area contributed by atoms with Crippen LogP contribution in [0.25, 0.3) is 16.9 Å². The summed E-state index contributed by atoms with van der Waals surface area (Å²) in [5, 5.41) is 12.8. The van der Waals surface area contributed by atoms with Crippen LogP contribution in [0.3, 0.4) is 0 Å². The van der Waals surface area contributed by atoms with Gasteiger partial charge in [-0.05, 0) is 49.6 Å². The molecule has 3 N–H and O–H groups in total. The Morgan fingerprint density at radius 2 is 1.89 bits per heavy atom. The van der Waals surface area contributed by atoms with Crippen LogP contribution in [-0.2, 0) is 0 Å². The molecule has 1 fully saturated rings. The van der Waals surface area contributed by atoms with Crippen molar-refractivity contribution in [3.05, 3.63) is 71.4 Å².